The maximum Gasteiger partial charge on any atom is 0.150 e. The summed E-state index contributed by atoms with van der Waals surface area (Å²) in [6.45, 7) is 4.40. The first-order valence-corrected chi connectivity index (χ1v) is 9.05. The molecule has 0 aromatic carbocycles. The summed E-state index contributed by atoms with van der Waals surface area (Å²) < 4.78 is 2.33. The van der Waals surface area contributed by atoms with Crippen molar-refractivity contribution in [3.05, 3.63) is 29.9 Å². The van der Waals surface area contributed by atoms with Crippen LogP contribution in [-0.4, -0.2) is 22.1 Å². The molecule has 1 aliphatic carbocycles. The Kier molecular flexibility index (Phi) is 5.09. The Bertz CT molecular complexity index is 526. The van der Waals surface area contributed by atoms with Crippen LogP contribution in [0.4, 0.5) is 0 Å². The van der Waals surface area contributed by atoms with Crippen LogP contribution >= 0.6 is 11.3 Å². The highest BCUT2D eigenvalue weighted by Crippen LogP contribution is 2.30. The second kappa shape index (κ2) is 7.23. The third-order valence-electron chi connectivity index (χ3n) is 4.48. The van der Waals surface area contributed by atoms with Gasteiger partial charge in [0.15, 0.2) is 0 Å². The molecule has 3 rings (SSSR count). The molecule has 1 fully saturated rings. The summed E-state index contributed by atoms with van der Waals surface area (Å²) in [5.74, 6) is 1.95. The lowest BCUT2D eigenvalue weighted by molar-refractivity contribution is 0.323. The Morgan fingerprint density at radius 3 is 3.00 bits per heavy atom. The summed E-state index contributed by atoms with van der Waals surface area (Å²) in [5.41, 5.74) is 0. The molecule has 21 heavy (non-hydrogen) atoms. The molecule has 4 heteroatoms. The van der Waals surface area contributed by atoms with Crippen molar-refractivity contribution in [2.75, 3.05) is 6.54 Å². The number of nitrogens with one attached hydrogen (secondary N) is 1. The molecule has 0 radical (unpaired) electrons. The Morgan fingerprint density at radius 1 is 1.43 bits per heavy atom. The van der Waals surface area contributed by atoms with Crippen molar-refractivity contribution in [2.45, 2.75) is 51.6 Å². The molecule has 2 heterocycles. The molecule has 2 aromatic heterocycles. The van der Waals surface area contributed by atoms with E-state index in [1.165, 1.54) is 37.0 Å². The number of thiophene rings is 1. The molecule has 114 valence electrons. The van der Waals surface area contributed by atoms with Gasteiger partial charge in [-0.25, -0.2) is 4.98 Å². The predicted molar refractivity (Wildman–Crippen MR) is 89.6 cm³/mol. The minimum absolute atomic E-state index is 0.584. The molecule has 1 atom stereocenters. The first-order chi connectivity index (χ1) is 10.4. The van der Waals surface area contributed by atoms with Crippen LogP contribution in [0.5, 0.6) is 0 Å². The minimum Gasteiger partial charge on any atom is -0.329 e. The van der Waals surface area contributed by atoms with Crippen molar-refractivity contribution in [3.8, 4) is 10.7 Å². The van der Waals surface area contributed by atoms with E-state index in [1.54, 1.807) is 11.3 Å². The van der Waals surface area contributed by atoms with E-state index in [0.29, 0.717) is 6.04 Å². The molecule has 0 aliphatic heterocycles. The van der Waals surface area contributed by atoms with Crippen molar-refractivity contribution in [1.82, 2.24) is 14.9 Å². The van der Waals surface area contributed by atoms with Gasteiger partial charge in [0.25, 0.3) is 0 Å². The van der Waals surface area contributed by atoms with Gasteiger partial charge in [-0.3, -0.25) is 0 Å². The van der Waals surface area contributed by atoms with Gasteiger partial charge in [0.1, 0.15) is 5.82 Å². The fourth-order valence-corrected chi connectivity index (χ4v) is 4.11. The van der Waals surface area contributed by atoms with E-state index in [9.17, 15) is 0 Å². The van der Waals surface area contributed by atoms with E-state index < -0.39 is 0 Å². The summed E-state index contributed by atoms with van der Waals surface area (Å²) in [6, 6.07) is 4.84. The van der Waals surface area contributed by atoms with E-state index in [-0.39, 0.29) is 0 Å². The Morgan fingerprint density at radius 2 is 2.29 bits per heavy atom. The fourth-order valence-electron chi connectivity index (χ4n) is 3.37. The summed E-state index contributed by atoms with van der Waals surface area (Å²) in [6.07, 6.45) is 10.8. The highest BCUT2D eigenvalue weighted by Gasteiger charge is 2.25. The predicted octanol–water partition coefficient (Wildman–Crippen LogP) is 4.17. The smallest absolute Gasteiger partial charge is 0.150 e. The van der Waals surface area contributed by atoms with Gasteiger partial charge in [-0.1, -0.05) is 25.8 Å². The van der Waals surface area contributed by atoms with Crippen LogP contribution in [-0.2, 0) is 6.54 Å². The largest absolute Gasteiger partial charge is 0.329 e. The average Bonchev–Trinajstić information content (AvgIpc) is 3.24. The first-order valence-electron chi connectivity index (χ1n) is 8.17. The lowest BCUT2D eigenvalue weighted by Crippen LogP contribution is -2.39. The standard InChI is InChI=1S/C17H25N3S/c1-2-9-18-15(14-6-3-4-7-14)13-20-11-10-19-17(20)16-8-5-12-21-16/h5,8,10-12,14-15,18H,2-4,6-7,9,13H2,1H3. The summed E-state index contributed by atoms with van der Waals surface area (Å²) in [4.78, 5) is 5.83. The average molecular weight is 303 g/mol. The third-order valence-corrected chi connectivity index (χ3v) is 5.34. The highest BCUT2D eigenvalue weighted by molar-refractivity contribution is 7.13. The van der Waals surface area contributed by atoms with Crippen LogP contribution < -0.4 is 5.32 Å². The molecule has 1 aliphatic rings. The SMILES string of the molecule is CCCNC(Cn1ccnc1-c1cccs1)C1CCCC1. The number of hydrogen-bond acceptors (Lipinski definition) is 3. The molecule has 0 bridgehead atoms. The first kappa shape index (κ1) is 14.8. The molecule has 0 saturated heterocycles. The van der Waals surface area contributed by atoms with Crippen LogP contribution in [0.15, 0.2) is 29.9 Å². The molecule has 0 spiro atoms. The minimum atomic E-state index is 0.584. The zero-order chi connectivity index (χ0) is 14.5. The maximum atomic E-state index is 4.56. The lowest BCUT2D eigenvalue weighted by Gasteiger charge is -2.25. The zero-order valence-electron chi connectivity index (χ0n) is 12.8. The van der Waals surface area contributed by atoms with Gasteiger partial charge in [0, 0.05) is 25.0 Å². The van der Waals surface area contributed by atoms with Crippen molar-refractivity contribution in [3.63, 3.8) is 0 Å². The summed E-state index contributed by atoms with van der Waals surface area (Å²) >= 11 is 1.77. The molecule has 1 unspecified atom stereocenters. The van der Waals surface area contributed by atoms with Crippen LogP contribution in [0.2, 0.25) is 0 Å². The van der Waals surface area contributed by atoms with Crippen molar-refractivity contribution in [1.29, 1.82) is 0 Å². The number of imidazole rings is 1. The molecule has 1 saturated carbocycles. The van der Waals surface area contributed by atoms with Crippen molar-refractivity contribution in [2.24, 2.45) is 5.92 Å². The Balaban J connectivity index is 1.74. The molecular formula is C17H25N3S. The number of nitrogens with zero attached hydrogens (tertiary/aromatic N) is 2. The number of hydrogen-bond donors (Lipinski definition) is 1. The van der Waals surface area contributed by atoms with Gasteiger partial charge in [0.2, 0.25) is 0 Å². The van der Waals surface area contributed by atoms with E-state index in [0.717, 1.165) is 24.8 Å². The zero-order valence-corrected chi connectivity index (χ0v) is 13.6. The summed E-state index contributed by atoms with van der Waals surface area (Å²) in [7, 11) is 0. The maximum absolute atomic E-state index is 4.56. The quantitative estimate of drug-likeness (QED) is 0.832. The van der Waals surface area contributed by atoms with E-state index in [2.05, 4.69) is 45.5 Å². The Hall–Kier alpha value is -1.13. The lowest BCUT2D eigenvalue weighted by atomic mass is 9.97. The van der Waals surface area contributed by atoms with Gasteiger partial charge < -0.3 is 9.88 Å². The third kappa shape index (κ3) is 3.55. The number of rotatable bonds is 7. The molecule has 0 amide bonds. The number of aromatic nitrogens is 2. The van der Waals surface area contributed by atoms with Gasteiger partial charge in [-0.15, -0.1) is 11.3 Å². The van der Waals surface area contributed by atoms with Crippen LogP contribution in [0.3, 0.4) is 0 Å². The van der Waals surface area contributed by atoms with E-state index >= 15 is 0 Å². The van der Waals surface area contributed by atoms with E-state index in [4.69, 9.17) is 0 Å². The van der Waals surface area contributed by atoms with Crippen molar-refractivity contribution < 1.29 is 0 Å². The van der Waals surface area contributed by atoms with Crippen molar-refractivity contribution >= 4 is 11.3 Å². The molecule has 2 aromatic rings. The monoisotopic (exact) mass is 303 g/mol. The van der Waals surface area contributed by atoms with Gasteiger partial charge in [-0.05, 0) is 43.2 Å². The van der Waals surface area contributed by atoms with Gasteiger partial charge >= 0.3 is 0 Å². The summed E-state index contributed by atoms with van der Waals surface area (Å²) in [5, 5.41) is 5.90. The van der Waals surface area contributed by atoms with Gasteiger partial charge in [0.05, 0.1) is 4.88 Å². The topological polar surface area (TPSA) is 29.9 Å². The fraction of sp³-hybridized carbons (Fsp3) is 0.588. The molecule has 3 nitrogen and oxygen atoms in total. The van der Waals surface area contributed by atoms with Crippen LogP contribution in [0.1, 0.15) is 39.0 Å². The second-order valence-corrected chi connectivity index (χ2v) is 6.93. The normalized spacial score (nSPS) is 17.4. The van der Waals surface area contributed by atoms with Crippen LogP contribution in [0, 0.1) is 5.92 Å². The molecule has 1 N–H and O–H groups in total. The van der Waals surface area contributed by atoms with Gasteiger partial charge in [-0.2, -0.15) is 0 Å². The second-order valence-electron chi connectivity index (χ2n) is 5.99. The highest BCUT2D eigenvalue weighted by atomic mass is 32.1. The Labute approximate surface area is 131 Å². The molecular weight excluding hydrogens is 278 g/mol. The van der Waals surface area contributed by atoms with E-state index in [1.807, 2.05) is 6.20 Å². The van der Waals surface area contributed by atoms with Crippen LogP contribution in [0.25, 0.3) is 10.7 Å².